The van der Waals surface area contributed by atoms with Crippen LogP contribution in [0.1, 0.15) is 46.6 Å². The first-order chi connectivity index (χ1) is 10.7. The Morgan fingerprint density at radius 3 is 2.86 bits per heavy atom. The number of nitrogens with one attached hydrogen (secondary N) is 1. The quantitative estimate of drug-likeness (QED) is 0.924. The molecule has 2 aromatic heterocycles. The molecule has 5 heteroatoms. The maximum Gasteiger partial charge on any atom is 0.274 e. The van der Waals surface area contributed by atoms with E-state index in [2.05, 4.69) is 22.1 Å². The van der Waals surface area contributed by atoms with E-state index in [0.717, 1.165) is 37.2 Å². The van der Waals surface area contributed by atoms with Crippen molar-refractivity contribution >= 4 is 5.91 Å². The second kappa shape index (κ2) is 5.23. The topological polar surface area (TPSA) is 61.9 Å². The van der Waals surface area contributed by atoms with Crippen LogP contribution in [0.4, 0.5) is 0 Å². The Balaban J connectivity index is 1.47. The SMILES string of the molecule is CC1CCc2[nH]nc(C(=O)N3CC(c4ccncc4)C3)c2C1. The second-order valence-electron chi connectivity index (χ2n) is 6.56. The van der Waals surface area contributed by atoms with E-state index < -0.39 is 0 Å². The van der Waals surface area contributed by atoms with Gasteiger partial charge >= 0.3 is 0 Å². The maximum atomic E-state index is 12.7. The minimum Gasteiger partial charge on any atom is -0.336 e. The average molecular weight is 296 g/mol. The Labute approximate surface area is 129 Å². The summed E-state index contributed by atoms with van der Waals surface area (Å²) in [5, 5.41) is 7.37. The summed E-state index contributed by atoms with van der Waals surface area (Å²) in [6, 6.07) is 4.06. The van der Waals surface area contributed by atoms with Crippen LogP contribution in [0.2, 0.25) is 0 Å². The van der Waals surface area contributed by atoms with E-state index in [0.29, 0.717) is 17.5 Å². The highest BCUT2D eigenvalue weighted by Crippen LogP contribution is 2.31. The zero-order valence-corrected chi connectivity index (χ0v) is 12.7. The third-order valence-electron chi connectivity index (χ3n) is 4.94. The van der Waals surface area contributed by atoms with E-state index in [4.69, 9.17) is 0 Å². The summed E-state index contributed by atoms with van der Waals surface area (Å²) in [6.45, 7) is 3.80. The molecule has 2 aromatic rings. The number of amides is 1. The van der Waals surface area contributed by atoms with E-state index in [1.54, 1.807) is 0 Å². The van der Waals surface area contributed by atoms with Crippen molar-refractivity contribution in [1.82, 2.24) is 20.1 Å². The van der Waals surface area contributed by atoms with Crippen LogP contribution in [0.5, 0.6) is 0 Å². The molecular formula is C17H20N4O. The normalized spacial score (nSPS) is 21.3. The molecule has 5 nitrogen and oxygen atoms in total. The molecule has 22 heavy (non-hydrogen) atoms. The fourth-order valence-electron chi connectivity index (χ4n) is 3.49. The molecule has 1 aliphatic heterocycles. The number of hydrogen-bond donors (Lipinski definition) is 1. The van der Waals surface area contributed by atoms with Gasteiger partial charge in [-0.25, -0.2) is 0 Å². The molecule has 1 amide bonds. The van der Waals surface area contributed by atoms with Crippen LogP contribution < -0.4 is 0 Å². The van der Waals surface area contributed by atoms with Crippen molar-refractivity contribution in [2.75, 3.05) is 13.1 Å². The highest BCUT2D eigenvalue weighted by molar-refractivity contribution is 5.94. The summed E-state index contributed by atoms with van der Waals surface area (Å²) in [7, 11) is 0. The van der Waals surface area contributed by atoms with Gasteiger partial charge in [0.1, 0.15) is 0 Å². The smallest absolute Gasteiger partial charge is 0.274 e. The van der Waals surface area contributed by atoms with Gasteiger partial charge in [0.25, 0.3) is 5.91 Å². The monoisotopic (exact) mass is 296 g/mol. The number of carbonyl (C=O) groups excluding carboxylic acids is 1. The Hall–Kier alpha value is -2.17. The van der Waals surface area contributed by atoms with Crippen LogP contribution in [0.25, 0.3) is 0 Å². The molecule has 0 saturated carbocycles. The maximum absolute atomic E-state index is 12.7. The first-order valence-corrected chi connectivity index (χ1v) is 7.97. The first kappa shape index (κ1) is 13.5. The molecule has 1 saturated heterocycles. The standard InChI is InChI=1S/C17H20N4O/c1-11-2-3-15-14(8-11)16(20-19-15)17(22)21-9-13(10-21)12-4-6-18-7-5-12/h4-7,11,13H,2-3,8-10H2,1H3,(H,19,20). The number of aromatic nitrogens is 3. The summed E-state index contributed by atoms with van der Waals surface area (Å²) in [5.41, 5.74) is 4.22. The number of carbonyl (C=O) groups is 1. The van der Waals surface area contributed by atoms with Crippen molar-refractivity contribution in [2.45, 2.75) is 32.1 Å². The second-order valence-corrected chi connectivity index (χ2v) is 6.56. The fourth-order valence-corrected chi connectivity index (χ4v) is 3.49. The number of aromatic amines is 1. The van der Waals surface area contributed by atoms with Gasteiger partial charge < -0.3 is 4.90 Å². The van der Waals surface area contributed by atoms with Gasteiger partial charge in [-0.1, -0.05) is 6.92 Å². The third-order valence-corrected chi connectivity index (χ3v) is 4.94. The minimum atomic E-state index is 0.0805. The lowest BCUT2D eigenvalue weighted by Crippen LogP contribution is -2.48. The molecule has 1 fully saturated rings. The summed E-state index contributed by atoms with van der Waals surface area (Å²) < 4.78 is 0. The number of hydrogen-bond acceptors (Lipinski definition) is 3. The number of nitrogens with zero attached hydrogens (tertiary/aromatic N) is 3. The molecule has 1 aliphatic carbocycles. The van der Waals surface area contributed by atoms with E-state index in [1.165, 1.54) is 12.0 Å². The molecule has 114 valence electrons. The number of rotatable bonds is 2. The molecular weight excluding hydrogens is 276 g/mol. The van der Waals surface area contributed by atoms with Gasteiger partial charge in [0.15, 0.2) is 5.69 Å². The lowest BCUT2D eigenvalue weighted by Gasteiger charge is -2.39. The molecule has 0 aromatic carbocycles. The number of likely N-dealkylation sites (tertiary alicyclic amines) is 1. The zero-order valence-electron chi connectivity index (χ0n) is 12.7. The predicted octanol–water partition coefficient (Wildman–Crippen LogP) is 2.17. The van der Waals surface area contributed by atoms with Gasteiger partial charge in [-0.15, -0.1) is 0 Å². The summed E-state index contributed by atoms with van der Waals surface area (Å²) >= 11 is 0. The van der Waals surface area contributed by atoms with Crippen molar-refractivity contribution in [2.24, 2.45) is 5.92 Å². The van der Waals surface area contributed by atoms with Crippen molar-refractivity contribution in [3.8, 4) is 0 Å². The Morgan fingerprint density at radius 1 is 1.32 bits per heavy atom. The fraction of sp³-hybridized carbons (Fsp3) is 0.471. The lowest BCUT2D eigenvalue weighted by atomic mass is 9.87. The van der Waals surface area contributed by atoms with Crippen molar-refractivity contribution in [1.29, 1.82) is 0 Å². The summed E-state index contributed by atoms with van der Waals surface area (Å²) in [4.78, 5) is 18.6. The van der Waals surface area contributed by atoms with Crippen LogP contribution >= 0.6 is 0 Å². The van der Waals surface area contributed by atoms with Gasteiger partial charge in [0.05, 0.1) is 0 Å². The number of H-pyrrole nitrogens is 1. The molecule has 1 unspecified atom stereocenters. The van der Waals surface area contributed by atoms with E-state index in [1.807, 2.05) is 29.4 Å². The molecule has 3 heterocycles. The molecule has 2 aliphatic rings. The van der Waals surface area contributed by atoms with Crippen molar-refractivity contribution in [3.05, 3.63) is 47.0 Å². The van der Waals surface area contributed by atoms with Crippen LogP contribution in [-0.4, -0.2) is 39.1 Å². The highest BCUT2D eigenvalue weighted by atomic mass is 16.2. The first-order valence-electron chi connectivity index (χ1n) is 7.97. The Morgan fingerprint density at radius 2 is 2.09 bits per heavy atom. The van der Waals surface area contributed by atoms with Crippen molar-refractivity contribution in [3.63, 3.8) is 0 Å². The van der Waals surface area contributed by atoms with Crippen LogP contribution in [0.3, 0.4) is 0 Å². The van der Waals surface area contributed by atoms with Crippen LogP contribution in [0.15, 0.2) is 24.5 Å². The zero-order chi connectivity index (χ0) is 15.1. The predicted molar refractivity (Wildman–Crippen MR) is 82.7 cm³/mol. The highest BCUT2D eigenvalue weighted by Gasteiger charge is 2.35. The van der Waals surface area contributed by atoms with Crippen molar-refractivity contribution < 1.29 is 4.79 Å². The lowest BCUT2D eigenvalue weighted by molar-refractivity contribution is 0.0594. The van der Waals surface area contributed by atoms with E-state index >= 15 is 0 Å². The molecule has 0 radical (unpaired) electrons. The summed E-state index contributed by atoms with van der Waals surface area (Å²) in [6.07, 6.45) is 6.78. The van der Waals surface area contributed by atoms with Gasteiger partial charge in [-0.05, 0) is 42.9 Å². The van der Waals surface area contributed by atoms with Crippen LogP contribution in [0, 0.1) is 5.92 Å². The third kappa shape index (κ3) is 2.21. The molecule has 4 rings (SSSR count). The molecule has 1 atom stereocenters. The Bertz CT molecular complexity index is 688. The number of fused-ring (bicyclic) bond motifs is 1. The van der Waals surface area contributed by atoms with Gasteiger partial charge in [0.2, 0.25) is 0 Å². The molecule has 1 N–H and O–H groups in total. The molecule has 0 bridgehead atoms. The van der Waals surface area contributed by atoms with E-state index in [-0.39, 0.29) is 5.91 Å². The van der Waals surface area contributed by atoms with Gasteiger partial charge in [-0.2, -0.15) is 5.10 Å². The number of pyridine rings is 1. The summed E-state index contributed by atoms with van der Waals surface area (Å²) in [5.74, 6) is 1.15. The van der Waals surface area contributed by atoms with E-state index in [9.17, 15) is 4.79 Å². The largest absolute Gasteiger partial charge is 0.336 e. The number of aryl methyl sites for hydroxylation is 1. The van der Waals surface area contributed by atoms with Gasteiger partial charge in [-0.3, -0.25) is 14.9 Å². The Kier molecular flexibility index (Phi) is 3.21. The minimum absolute atomic E-state index is 0.0805. The average Bonchev–Trinajstić information content (AvgIpc) is 2.89. The molecule has 0 spiro atoms. The van der Waals surface area contributed by atoms with Crippen LogP contribution in [-0.2, 0) is 12.8 Å². The van der Waals surface area contributed by atoms with Gasteiger partial charge in [0, 0.05) is 42.7 Å².